The third kappa shape index (κ3) is 3.05. The highest BCUT2D eigenvalue weighted by atomic mass is 35.5. The molecule has 0 amide bonds. The number of rotatable bonds is 2. The fourth-order valence-electron chi connectivity index (χ4n) is 2.68. The zero-order valence-electron chi connectivity index (χ0n) is 13.8. The van der Waals surface area contributed by atoms with Gasteiger partial charge in [0.1, 0.15) is 17.1 Å². The standard InChI is InChI=1S/C19H18N2O2.ClH/c1-13-12-15(21(3)19(23)20(13)2)9-10-17-16-7-5-4-6-14(16)8-11-18(17)22;/h4-12H,1-3H3;1H. The Kier molecular flexibility index (Phi) is 5.10. The summed E-state index contributed by atoms with van der Waals surface area (Å²) >= 11 is 0. The molecule has 0 saturated carbocycles. The van der Waals surface area contributed by atoms with Gasteiger partial charge in [-0.3, -0.25) is 0 Å². The van der Waals surface area contributed by atoms with Crippen molar-refractivity contribution in [1.29, 1.82) is 0 Å². The molecule has 0 aliphatic rings. The summed E-state index contributed by atoms with van der Waals surface area (Å²) in [7, 11) is 3.49. The van der Waals surface area contributed by atoms with Crippen LogP contribution in [0, 0.1) is 6.92 Å². The van der Waals surface area contributed by atoms with E-state index in [2.05, 4.69) is 0 Å². The Labute approximate surface area is 146 Å². The molecule has 124 valence electrons. The van der Waals surface area contributed by atoms with Crippen LogP contribution < -0.4 is 22.7 Å². The van der Waals surface area contributed by atoms with E-state index >= 15 is 0 Å². The predicted molar refractivity (Wildman–Crippen MR) is 92.1 cm³/mol. The summed E-state index contributed by atoms with van der Waals surface area (Å²) in [6.45, 7) is 1.90. The lowest BCUT2D eigenvalue weighted by Gasteiger charge is -2.05. The van der Waals surface area contributed by atoms with E-state index < -0.39 is 0 Å². The number of aryl methyl sites for hydroxylation is 1. The van der Waals surface area contributed by atoms with Crippen LogP contribution in [0.2, 0.25) is 0 Å². The first-order valence-corrected chi connectivity index (χ1v) is 7.44. The maximum atomic E-state index is 12.1. The molecule has 24 heavy (non-hydrogen) atoms. The Morgan fingerprint density at radius 3 is 2.58 bits per heavy atom. The summed E-state index contributed by atoms with van der Waals surface area (Å²) in [4.78, 5) is 12.1. The van der Waals surface area contributed by atoms with E-state index in [0.717, 1.165) is 27.7 Å². The minimum Gasteiger partial charge on any atom is -1.00 e. The average molecular weight is 343 g/mol. The van der Waals surface area contributed by atoms with Gasteiger partial charge in [-0.15, -0.1) is 0 Å². The zero-order chi connectivity index (χ0) is 16.6. The maximum absolute atomic E-state index is 12.1. The molecular formula is C19H19ClN2O2. The smallest absolute Gasteiger partial charge is 0.498 e. The fraction of sp³-hybridized carbons (Fsp3) is 0.158. The molecule has 3 rings (SSSR count). The molecule has 0 bridgehead atoms. The van der Waals surface area contributed by atoms with E-state index in [0.29, 0.717) is 0 Å². The van der Waals surface area contributed by atoms with Gasteiger partial charge in [0.25, 0.3) is 0 Å². The number of aromatic hydroxyl groups is 1. The molecule has 4 nitrogen and oxygen atoms in total. The van der Waals surface area contributed by atoms with Gasteiger partial charge in [-0.25, -0.2) is 0 Å². The number of benzene rings is 2. The Balaban J connectivity index is 0.00000208. The molecule has 0 unspecified atom stereocenters. The van der Waals surface area contributed by atoms with Crippen LogP contribution in [0.15, 0.2) is 47.3 Å². The molecule has 0 aliphatic heterocycles. The van der Waals surface area contributed by atoms with Gasteiger partial charge in [0, 0.05) is 11.6 Å². The molecule has 0 spiro atoms. The van der Waals surface area contributed by atoms with Crippen LogP contribution in [0.3, 0.4) is 0 Å². The first-order chi connectivity index (χ1) is 11.0. The molecule has 0 radical (unpaired) electrons. The number of phenolic OH excluding ortho intramolecular Hbond substituents is 1. The fourth-order valence-corrected chi connectivity index (χ4v) is 2.68. The molecule has 3 aromatic rings. The summed E-state index contributed by atoms with van der Waals surface area (Å²) in [6.07, 6.45) is 3.71. The molecule has 0 aliphatic carbocycles. The second-order valence-corrected chi connectivity index (χ2v) is 5.66. The van der Waals surface area contributed by atoms with Crippen molar-refractivity contribution < 1.29 is 22.1 Å². The topological polar surface area (TPSA) is 46.1 Å². The molecule has 1 heterocycles. The number of nitrogens with zero attached hydrogens (tertiary/aromatic N) is 2. The van der Waals surface area contributed by atoms with Gasteiger partial charge in [-0.2, -0.15) is 13.9 Å². The quantitative estimate of drug-likeness (QED) is 0.641. The van der Waals surface area contributed by atoms with E-state index in [-0.39, 0.29) is 23.8 Å². The van der Waals surface area contributed by atoms with E-state index in [9.17, 15) is 9.90 Å². The predicted octanol–water partition coefficient (Wildman–Crippen LogP) is -0.449. The summed E-state index contributed by atoms with van der Waals surface area (Å²) < 4.78 is 3.19. The van der Waals surface area contributed by atoms with E-state index in [4.69, 9.17) is 0 Å². The Morgan fingerprint density at radius 2 is 1.83 bits per heavy atom. The third-order valence-electron chi connectivity index (χ3n) is 4.22. The number of phenols is 1. The lowest BCUT2D eigenvalue weighted by molar-refractivity contribution is -0.692. The SMILES string of the molecule is Cc1cc(C=Cc2c(O)ccc3ccccc23)[n+](C)c(=O)n1C.[Cl-]. The van der Waals surface area contributed by atoms with Crippen molar-refractivity contribution in [2.75, 3.05) is 0 Å². The van der Waals surface area contributed by atoms with Crippen LogP contribution in [0.25, 0.3) is 22.9 Å². The van der Waals surface area contributed by atoms with Crippen molar-refractivity contribution in [3.8, 4) is 5.75 Å². The van der Waals surface area contributed by atoms with Crippen molar-refractivity contribution in [2.45, 2.75) is 6.92 Å². The third-order valence-corrected chi connectivity index (χ3v) is 4.22. The Bertz CT molecular complexity index is 991. The zero-order valence-corrected chi connectivity index (χ0v) is 14.6. The van der Waals surface area contributed by atoms with Crippen LogP contribution in [-0.4, -0.2) is 9.67 Å². The number of fused-ring (bicyclic) bond motifs is 1. The lowest BCUT2D eigenvalue weighted by atomic mass is 10.0. The average Bonchev–Trinajstić information content (AvgIpc) is 2.56. The van der Waals surface area contributed by atoms with Gasteiger partial charge < -0.3 is 17.5 Å². The summed E-state index contributed by atoms with van der Waals surface area (Å²) in [6, 6.07) is 13.4. The summed E-state index contributed by atoms with van der Waals surface area (Å²) in [5, 5.41) is 12.2. The second kappa shape index (κ2) is 6.89. The van der Waals surface area contributed by atoms with Gasteiger partial charge in [0.05, 0.1) is 14.1 Å². The molecule has 0 atom stereocenters. The van der Waals surface area contributed by atoms with Crippen LogP contribution in [0.4, 0.5) is 0 Å². The van der Waals surface area contributed by atoms with E-state index in [1.54, 1.807) is 29.3 Å². The molecule has 0 fully saturated rings. The normalized spacial score (nSPS) is 11.0. The first kappa shape index (κ1) is 17.8. The number of aromatic nitrogens is 2. The van der Waals surface area contributed by atoms with Gasteiger partial charge in [0.2, 0.25) is 0 Å². The van der Waals surface area contributed by atoms with Crippen molar-refractivity contribution in [3.63, 3.8) is 0 Å². The number of hydrogen-bond acceptors (Lipinski definition) is 2. The van der Waals surface area contributed by atoms with Crippen molar-refractivity contribution >= 4 is 22.9 Å². The largest absolute Gasteiger partial charge is 1.00 e. The van der Waals surface area contributed by atoms with Gasteiger partial charge in [-0.1, -0.05) is 30.3 Å². The first-order valence-electron chi connectivity index (χ1n) is 7.44. The number of hydrogen-bond donors (Lipinski definition) is 1. The van der Waals surface area contributed by atoms with Crippen molar-refractivity contribution in [3.05, 3.63) is 69.9 Å². The Morgan fingerprint density at radius 1 is 1.12 bits per heavy atom. The number of halogens is 1. The van der Waals surface area contributed by atoms with Crippen LogP contribution >= 0.6 is 0 Å². The van der Waals surface area contributed by atoms with Crippen LogP contribution in [0.5, 0.6) is 5.75 Å². The highest BCUT2D eigenvalue weighted by Gasteiger charge is 2.12. The summed E-state index contributed by atoms with van der Waals surface area (Å²) in [5.41, 5.74) is 2.35. The maximum Gasteiger partial charge on any atom is 0.498 e. The molecule has 0 saturated heterocycles. The van der Waals surface area contributed by atoms with Crippen LogP contribution in [0.1, 0.15) is 17.0 Å². The van der Waals surface area contributed by atoms with Gasteiger partial charge >= 0.3 is 5.69 Å². The summed E-state index contributed by atoms with van der Waals surface area (Å²) in [5.74, 6) is 0.225. The molecule has 1 N–H and O–H groups in total. The highest BCUT2D eigenvalue weighted by molar-refractivity contribution is 5.94. The highest BCUT2D eigenvalue weighted by Crippen LogP contribution is 2.28. The molecular weight excluding hydrogens is 324 g/mol. The van der Waals surface area contributed by atoms with Crippen LogP contribution in [-0.2, 0) is 14.1 Å². The minimum absolute atomic E-state index is 0. The van der Waals surface area contributed by atoms with E-state index in [1.807, 2.05) is 55.5 Å². The van der Waals surface area contributed by atoms with E-state index in [1.165, 1.54) is 0 Å². The van der Waals surface area contributed by atoms with Crippen molar-refractivity contribution in [1.82, 2.24) is 4.57 Å². The van der Waals surface area contributed by atoms with Crippen molar-refractivity contribution in [2.24, 2.45) is 14.1 Å². The lowest BCUT2D eigenvalue weighted by Crippen LogP contribution is -3.00. The van der Waals surface area contributed by atoms with Gasteiger partial charge in [0.15, 0.2) is 0 Å². The second-order valence-electron chi connectivity index (χ2n) is 5.66. The minimum atomic E-state index is -0.0770. The Hall–Kier alpha value is -2.59. The van der Waals surface area contributed by atoms with Gasteiger partial charge in [-0.05, 0) is 35.9 Å². The molecule has 1 aromatic heterocycles. The molecule has 2 aromatic carbocycles. The molecule has 5 heteroatoms. The monoisotopic (exact) mass is 342 g/mol.